The van der Waals surface area contributed by atoms with E-state index in [2.05, 4.69) is 15.2 Å². The lowest BCUT2D eigenvalue weighted by Crippen LogP contribution is -2.53. The molecule has 6 heteroatoms. The minimum absolute atomic E-state index is 0.0826. The van der Waals surface area contributed by atoms with E-state index in [-0.39, 0.29) is 17.3 Å². The van der Waals surface area contributed by atoms with E-state index >= 15 is 0 Å². The maximum Gasteiger partial charge on any atom is 0.255 e. The van der Waals surface area contributed by atoms with Crippen LogP contribution in [0.5, 0.6) is 5.75 Å². The van der Waals surface area contributed by atoms with Crippen LogP contribution in [0.15, 0.2) is 42.7 Å². The molecule has 1 aromatic carbocycles. The Balaban J connectivity index is 1.45. The largest absolute Gasteiger partial charge is 0.485 e. The number of carbonyl (C=O) groups is 1. The lowest BCUT2D eigenvalue weighted by molar-refractivity contribution is 0.00390. The Morgan fingerprint density at radius 3 is 2.84 bits per heavy atom. The molecule has 0 radical (unpaired) electrons. The van der Waals surface area contributed by atoms with E-state index in [0.717, 1.165) is 31.5 Å². The van der Waals surface area contributed by atoms with Crippen LogP contribution >= 0.6 is 0 Å². The van der Waals surface area contributed by atoms with Gasteiger partial charge in [-0.15, -0.1) is 0 Å². The number of ether oxygens (including phenoxy) is 1. The Hall–Kier alpha value is -2.47. The van der Waals surface area contributed by atoms with E-state index in [9.17, 15) is 9.18 Å². The molecule has 1 N–H and O–H groups in total. The van der Waals surface area contributed by atoms with E-state index in [1.165, 1.54) is 12.3 Å². The molecule has 2 aliphatic rings. The minimum Gasteiger partial charge on any atom is -0.485 e. The number of nitrogens with one attached hydrogen (secondary N) is 1. The summed E-state index contributed by atoms with van der Waals surface area (Å²) < 4.78 is 19.6. The number of aromatic nitrogens is 1. The monoisotopic (exact) mass is 341 g/mol. The van der Waals surface area contributed by atoms with Crippen LogP contribution in [0, 0.1) is 5.82 Å². The highest BCUT2D eigenvalue weighted by atomic mass is 19.1. The SMILES string of the molecule is O=C1NCC2(CCN(Cc3cncc(F)c3)CC2)Oc2ccccc21. The molecular weight excluding hydrogens is 321 g/mol. The summed E-state index contributed by atoms with van der Waals surface area (Å²) in [6.45, 7) is 2.84. The third-order valence-corrected chi connectivity index (χ3v) is 4.96. The predicted octanol–water partition coefficient (Wildman–Crippen LogP) is 2.38. The number of halogens is 1. The van der Waals surface area contributed by atoms with Crippen LogP contribution in [0.3, 0.4) is 0 Å². The summed E-state index contributed by atoms with van der Waals surface area (Å²) in [5, 5.41) is 2.99. The van der Waals surface area contributed by atoms with Crippen molar-refractivity contribution in [3.05, 3.63) is 59.7 Å². The third-order valence-electron chi connectivity index (χ3n) is 4.96. The first-order chi connectivity index (χ1) is 12.1. The molecule has 0 bridgehead atoms. The van der Waals surface area contributed by atoms with Crippen LogP contribution in [0.4, 0.5) is 4.39 Å². The molecular formula is C19H20FN3O2. The van der Waals surface area contributed by atoms with Crippen molar-refractivity contribution in [3.63, 3.8) is 0 Å². The fourth-order valence-electron chi connectivity index (χ4n) is 3.55. The normalized spacial score (nSPS) is 19.6. The Morgan fingerprint density at radius 1 is 1.24 bits per heavy atom. The first kappa shape index (κ1) is 16.0. The zero-order valence-corrected chi connectivity index (χ0v) is 13.9. The van der Waals surface area contributed by atoms with E-state index < -0.39 is 0 Å². The molecule has 0 saturated carbocycles. The second-order valence-corrected chi connectivity index (χ2v) is 6.75. The highest BCUT2D eigenvalue weighted by molar-refractivity contribution is 5.97. The van der Waals surface area contributed by atoms with Crippen molar-refractivity contribution in [2.75, 3.05) is 19.6 Å². The van der Waals surface area contributed by atoms with E-state index in [0.29, 0.717) is 24.4 Å². The Morgan fingerprint density at radius 2 is 2.04 bits per heavy atom. The van der Waals surface area contributed by atoms with Gasteiger partial charge >= 0.3 is 0 Å². The number of hydrogen-bond acceptors (Lipinski definition) is 4. The summed E-state index contributed by atoms with van der Waals surface area (Å²) in [6, 6.07) is 8.89. The van der Waals surface area contributed by atoms with Gasteiger partial charge in [-0.25, -0.2) is 4.39 Å². The average Bonchev–Trinajstić information content (AvgIpc) is 2.75. The minimum atomic E-state index is -0.376. The van der Waals surface area contributed by atoms with Crippen LogP contribution in [0.2, 0.25) is 0 Å². The fraction of sp³-hybridized carbons (Fsp3) is 0.368. The van der Waals surface area contributed by atoms with Crippen molar-refractivity contribution in [3.8, 4) is 5.75 Å². The van der Waals surface area contributed by atoms with Crippen molar-refractivity contribution in [2.45, 2.75) is 25.0 Å². The molecule has 4 rings (SSSR count). The van der Waals surface area contributed by atoms with E-state index in [1.54, 1.807) is 12.3 Å². The lowest BCUT2D eigenvalue weighted by atomic mass is 9.90. The maximum absolute atomic E-state index is 13.3. The number of likely N-dealkylation sites (tertiary alicyclic amines) is 1. The summed E-state index contributed by atoms with van der Waals surface area (Å²) in [7, 11) is 0. The summed E-state index contributed by atoms with van der Waals surface area (Å²) in [4.78, 5) is 18.4. The zero-order valence-electron chi connectivity index (χ0n) is 13.9. The quantitative estimate of drug-likeness (QED) is 0.911. The number of hydrogen-bond donors (Lipinski definition) is 1. The Bertz CT molecular complexity index is 788. The second kappa shape index (κ2) is 6.44. The average molecular weight is 341 g/mol. The van der Waals surface area contributed by atoms with E-state index in [4.69, 9.17) is 4.74 Å². The van der Waals surface area contributed by atoms with Gasteiger partial charge in [-0.3, -0.25) is 14.7 Å². The summed E-state index contributed by atoms with van der Waals surface area (Å²) in [6.07, 6.45) is 4.54. The zero-order chi connectivity index (χ0) is 17.3. The molecule has 0 atom stereocenters. The predicted molar refractivity (Wildman–Crippen MR) is 90.8 cm³/mol. The molecule has 2 aromatic rings. The molecule has 130 valence electrons. The van der Waals surface area contributed by atoms with Crippen LogP contribution in [-0.2, 0) is 6.54 Å². The molecule has 2 aliphatic heterocycles. The highest BCUT2D eigenvalue weighted by Crippen LogP contribution is 2.33. The van der Waals surface area contributed by atoms with Gasteiger partial charge in [0.2, 0.25) is 0 Å². The van der Waals surface area contributed by atoms with Crippen LogP contribution in [0.25, 0.3) is 0 Å². The molecule has 3 heterocycles. The van der Waals surface area contributed by atoms with Crippen molar-refractivity contribution in [1.29, 1.82) is 0 Å². The lowest BCUT2D eigenvalue weighted by Gasteiger charge is -2.41. The van der Waals surface area contributed by atoms with Gasteiger partial charge in [0.1, 0.15) is 17.2 Å². The standard InChI is InChI=1S/C19H20FN3O2/c20-15-9-14(10-21-11-15)12-23-7-5-19(6-8-23)13-22-18(24)16-3-1-2-4-17(16)25-19/h1-4,9-11H,5-8,12-13H2,(H,22,24). The molecule has 5 nitrogen and oxygen atoms in total. The van der Waals surface area contributed by atoms with Gasteiger partial charge in [-0.05, 0) is 23.8 Å². The smallest absolute Gasteiger partial charge is 0.255 e. The van der Waals surface area contributed by atoms with Crippen molar-refractivity contribution < 1.29 is 13.9 Å². The van der Waals surface area contributed by atoms with E-state index in [1.807, 2.05) is 18.2 Å². The van der Waals surface area contributed by atoms with Crippen LogP contribution in [0.1, 0.15) is 28.8 Å². The molecule has 25 heavy (non-hydrogen) atoms. The first-order valence-electron chi connectivity index (χ1n) is 8.52. The van der Waals surface area contributed by atoms with Crippen molar-refractivity contribution >= 4 is 5.91 Å². The molecule has 1 spiro atoms. The van der Waals surface area contributed by atoms with Crippen molar-refractivity contribution in [2.24, 2.45) is 0 Å². The molecule has 0 unspecified atom stereocenters. The summed E-state index contributed by atoms with van der Waals surface area (Å²) >= 11 is 0. The Kier molecular flexibility index (Phi) is 4.13. The van der Waals surface area contributed by atoms with Crippen LogP contribution < -0.4 is 10.1 Å². The fourth-order valence-corrected chi connectivity index (χ4v) is 3.55. The van der Waals surface area contributed by atoms with Gasteiger partial charge in [0.05, 0.1) is 18.3 Å². The van der Waals surface area contributed by atoms with Gasteiger partial charge in [-0.1, -0.05) is 12.1 Å². The molecule has 1 amide bonds. The number of benzene rings is 1. The van der Waals surface area contributed by atoms with Gasteiger partial charge in [0.25, 0.3) is 5.91 Å². The topological polar surface area (TPSA) is 54.5 Å². The number of fused-ring (bicyclic) bond motifs is 1. The number of rotatable bonds is 2. The third kappa shape index (κ3) is 3.35. The number of para-hydroxylation sites is 1. The highest BCUT2D eigenvalue weighted by Gasteiger charge is 2.39. The molecule has 0 aliphatic carbocycles. The maximum atomic E-state index is 13.3. The van der Waals surface area contributed by atoms with Gasteiger partial charge in [0.15, 0.2) is 0 Å². The number of pyridine rings is 1. The number of piperidine rings is 1. The molecule has 1 saturated heterocycles. The van der Waals surface area contributed by atoms with Gasteiger partial charge in [-0.2, -0.15) is 0 Å². The first-order valence-corrected chi connectivity index (χ1v) is 8.52. The number of amides is 1. The van der Waals surface area contributed by atoms with Gasteiger partial charge < -0.3 is 10.1 Å². The molecule has 1 fully saturated rings. The number of nitrogens with zero attached hydrogens (tertiary/aromatic N) is 2. The van der Waals surface area contributed by atoms with Gasteiger partial charge in [0, 0.05) is 38.7 Å². The Labute approximate surface area is 145 Å². The molecule has 1 aromatic heterocycles. The second-order valence-electron chi connectivity index (χ2n) is 6.75. The van der Waals surface area contributed by atoms with Crippen molar-refractivity contribution in [1.82, 2.24) is 15.2 Å². The number of carbonyl (C=O) groups excluding carboxylic acids is 1. The summed E-state index contributed by atoms with van der Waals surface area (Å²) in [5.41, 5.74) is 1.09. The van der Waals surface area contributed by atoms with Crippen LogP contribution in [-0.4, -0.2) is 41.0 Å². The summed E-state index contributed by atoms with van der Waals surface area (Å²) in [5.74, 6) is 0.262.